The highest BCUT2D eigenvalue weighted by Crippen LogP contribution is 2.41. The van der Waals surface area contributed by atoms with E-state index in [0.717, 1.165) is 0 Å². The van der Waals surface area contributed by atoms with Gasteiger partial charge in [-0.2, -0.15) is 0 Å². The summed E-state index contributed by atoms with van der Waals surface area (Å²) in [5, 5.41) is 3.09. The molecule has 1 aliphatic rings. The van der Waals surface area contributed by atoms with Crippen LogP contribution in [0.4, 0.5) is 5.69 Å². The van der Waals surface area contributed by atoms with E-state index in [1.54, 1.807) is 24.3 Å². The largest absolute Gasteiger partial charge is 0.493 e. The minimum absolute atomic E-state index is 0.158. The number of carbonyl (C=O) groups excluding carboxylic acids is 2. The monoisotopic (exact) mass is 412 g/mol. The van der Waals surface area contributed by atoms with Crippen LogP contribution in [0.5, 0.6) is 17.2 Å². The van der Waals surface area contributed by atoms with Gasteiger partial charge in [-0.05, 0) is 5.56 Å². The second-order valence-corrected chi connectivity index (χ2v) is 6.41. The molecule has 0 spiro atoms. The number of amides is 2. The first-order chi connectivity index (χ1) is 14.5. The molecule has 0 saturated heterocycles. The predicted molar refractivity (Wildman–Crippen MR) is 112 cm³/mol. The van der Waals surface area contributed by atoms with Gasteiger partial charge in [-0.1, -0.05) is 30.3 Å². The summed E-state index contributed by atoms with van der Waals surface area (Å²) in [5.41, 5.74) is 1.63. The Balaban J connectivity index is 2.07. The highest BCUT2D eigenvalue weighted by molar-refractivity contribution is 6.36. The van der Waals surface area contributed by atoms with Crippen LogP contribution in [0, 0.1) is 0 Å². The highest BCUT2D eigenvalue weighted by atomic mass is 16.5. The van der Waals surface area contributed by atoms with Crippen molar-refractivity contribution in [3.05, 3.63) is 53.7 Å². The Morgan fingerprint density at radius 1 is 0.867 bits per heavy atom. The molecule has 3 rings (SSSR count). The molecule has 0 aliphatic carbocycles. The third-order valence-electron chi connectivity index (χ3n) is 4.68. The Morgan fingerprint density at radius 2 is 1.50 bits per heavy atom. The first kappa shape index (κ1) is 21.2. The molecule has 2 amide bonds. The van der Waals surface area contributed by atoms with Gasteiger partial charge in [0, 0.05) is 24.9 Å². The fourth-order valence-corrected chi connectivity index (χ4v) is 3.25. The maximum atomic E-state index is 13.1. The lowest BCUT2D eigenvalue weighted by molar-refractivity contribution is -0.137. The molecule has 0 bridgehead atoms. The lowest BCUT2D eigenvalue weighted by Crippen LogP contribution is -2.35. The topological polar surface area (TPSA) is 86.3 Å². The summed E-state index contributed by atoms with van der Waals surface area (Å²) >= 11 is 0. The van der Waals surface area contributed by atoms with E-state index in [1.807, 2.05) is 18.2 Å². The number of imide groups is 1. The summed E-state index contributed by atoms with van der Waals surface area (Å²) in [5.74, 6) is 0.477. The van der Waals surface area contributed by atoms with E-state index in [4.69, 9.17) is 18.9 Å². The van der Waals surface area contributed by atoms with Gasteiger partial charge in [0.1, 0.15) is 5.70 Å². The third-order valence-corrected chi connectivity index (χ3v) is 4.68. The van der Waals surface area contributed by atoms with E-state index in [1.165, 1.54) is 33.3 Å². The SMILES string of the molecule is COCCN1C(=O)C(Nc2cc(OC)c(OC)c(OC)c2)=C(c2ccccc2)C1=O. The Kier molecular flexibility index (Phi) is 6.58. The van der Waals surface area contributed by atoms with Crippen LogP contribution >= 0.6 is 0 Å². The van der Waals surface area contributed by atoms with Gasteiger partial charge in [0.2, 0.25) is 5.75 Å². The molecule has 1 heterocycles. The quantitative estimate of drug-likeness (QED) is 0.634. The van der Waals surface area contributed by atoms with E-state index in [-0.39, 0.29) is 24.8 Å². The maximum Gasteiger partial charge on any atom is 0.278 e. The van der Waals surface area contributed by atoms with Gasteiger partial charge in [0.25, 0.3) is 11.8 Å². The number of anilines is 1. The molecular weight excluding hydrogens is 388 g/mol. The van der Waals surface area contributed by atoms with E-state index in [2.05, 4.69) is 5.32 Å². The van der Waals surface area contributed by atoms with Crippen molar-refractivity contribution in [2.24, 2.45) is 0 Å². The fraction of sp³-hybridized carbons (Fsp3) is 0.273. The van der Waals surface area contributed by atoms with Crippen molar-refractivity contribution >= 4 is 23.1 Å². The molecule has 0 fully saturated rings. The average molecular weight is 412 g/mol. The molecule has 8 nitrogen and oxygen atoms in total. The molecule has 30 heavy (non-hydrogen) atoms. The molecule has 1 N–H and O–H groups in total. The number of ether oxygens (including phenoxy) is 4. The van der Waals surface area contributed by atoms with E-state index < -0.39 is 5.91 Å². The van der Waals surface area contributed by atoms with Crippen LogP contribution in [0.3, 0.4) is 0 Å². The van der Waals surface area contributed by atoms with Gasteiger partial charge >= 0.3 is 0 Å². The van der Waals surface area contributed by atoms with Crippen LogP contribution in [0.25, 0.3) is 5.57 Å². The van der Waals surface area contributed by atoms with Gasteiger partial charge in [0.05, 0.1) is 40.1 Å². The van der Waals surface area contributed by atoms with Crippen LogP contribution in [0.2, 0.25) is 0 Å². The minimum Gasteiger partial charge on any atom is -0.493 e. The number of nitrogens with one attached hydrogen (secondary N) is 1. The summed E-state index contributed by atoms with van der Waals surface area (Å²) in [4.78, 5) is 27.3. The zero-order valence-electron chi connectivity index (χ0n) is 17.4. The number of hydrogen-bond acceptors (Lipinski definition) is 7. The first-order valence-corrected chi connectivity index (χ1v) is 9.27. The number of rotatable bonds is 9. The Morgan fingerprint density at radius 3 is 2.03 bits per heavy atom. The average Bonchev–Trinajstić information content (AvgIpc) is 3.01. The van der Waals surface area contributed by atoms with Crippen LogP contribution < -0.4 is 19.5 Å². The van der Waals surface area contributed by atoms with E-state index in [0.29, 0.717) is 34.1 Å². The number of benzene rings is 2. The standard InChI is InChI=1S/C22H24N2O6/c1-27-11-10-24-21(25)18(14-8-6-5-7-9-14)19(22(24)26)23-15-12-16(28-2)20(30-4)17(13-15)29-3/h5-9,12-13,23H,10-11H2,1-4H3. The lowest BCUT2D eigenvalue weighted by atomic mass is 10.0. The summed E-state index contributed by atoms with van der Waals surface area (Å²) in [7, 11) is 6.04. The number of nitrogens with zero attached hydrogens (tertiary/aromatic N) is 1. The molecule has 1 aliphatic heterocycles. The normalized spacial score (nSPS) is 13.7. The third kappa shape index (κ3) is 3.95. The summed E-state index contributed by atoms with van der Waals surface area (Å²) in [6.45, 7) is 0.405. The fourth-order valence-electron chi connectivity index (χ4n) is 3.25. The number of hydrogen-bond donors (Lipinski definition) is 1. The second-order valence-electron chi connectivity index (χ2n) is 6.41. The second kappa shape index (κ2) is 9.32. The molecule has 8 heteroatoms. The van der Waals surface area contributed by atoms with Crippen molar-refractivity contribution in [3.8, 4) is 17.2 Å². The van der Waals surface area contributed by atoms with Crippen molar-refractivity contribution < 1.29 is 28.5 Å². The number of carbonyl (C=O) groups is 2. The first-order valence-electron chi connectivity index (χ1n) is 9.27. The summed E-state index contributed by atoms with van der Waals surface area (Å²) in [6, 6.07) is 12.4. The maximum absolute atomic E-state index is 13.1. The van der Waals surface area contributed by atoms with Crippen molar-refractivity contribution in [2.45, 2.75) is 0 Å². The lowest BCUT2D eigenvalue weighted by Gasteiger charge is -2.16. The molecule has 0 aromatic heterocycles. The zero-order valence-corrected chi connectivity index (χ0v) is 17.4. The van der Waals surface area contributed by atoms with Gasteiger partial charge in [-0.3, -0.25) is 14.5 Å². The summed E-state index contributed by atoms with van der Waals surface area (Å²) in [6.07, 6.45) is 0. The van der Waals surface area contributed by atoms with E-state index in [9.17, 15) is 9.59 Å². The molecular formula is C22H24N2O6. The summed E-state index contributed by atoms with van der Waals surface area (Å²) < 4.78 is 21.1. The van der Waals surface area contributed by atoms with Crippen LogP contribution in [-0.4, -0.2) is 58.3 Å². The van der Waals surface area contributed by atoms with Crippen molar-refractivity contribution in [3.63, 3.8) is 0 Å². The molecule has 0 unspecified atom stereocenters. The molecule has 0 radical (unpaired) electrons. The molecule has 0 atom stereocenters. The Labute approximate surface area is 175 Å². The minimum atomic E-state index is -0.426. The van der Waals surface area contributed by atoms with Gasteiger partial charge in [0.15, 0.2) is 11.5 Å². The molecule has 158 valence electrons. The zero-order chi connectivity index (χ0) is 21.7. The number of methoxy groups -OCH3 is 4. The molecule has 0 saturated carbocycles. The smallest absolute Gasteiger partial charge is 0.278 e. The van der Waals surface area contributed by atoms with Crippen LogP contribution in [0.15, 0.2) is 48.2 Å². The predicted octanol–water partition coefficient (Wildman–Crippen LogP) is 2.55. The van der Waals surface area contributed by atoms with E-state index >= 15 is 0 Å². The van der Waals surface area contributed by atoms with Crippen molar-refractivity contribution in [1.82, 2.24) is 4.90 Å². The Hall–Kier alpha value is -3.52. The van der Waals surface area contributed by atoms with Crippen molar-refractivity contribution in [1.29, 1.82) is 0 Å². The Bertz CT molecular complexity index is 946. The van der Waals surface area contributed by atoms with Crippen LogP contribution in [0.1, 0.15) is 5.56 Å². The van der Waals surface area contributed by atoms with Gasteiger partial charge < -0.3 is 24.3 Å². The van der Waals surface area contributed by atoms with Crippen LogP contribution in [-0.2, 0) is 14.3 Å². The van der Waals surface area contributed by atoms with Gasteiger partial charge in [-0.25, -0.2) is 0 Å². The molecule has 2 aromatic rings. The molecule has 2 aromatic carbocycles. The van der Waals surface area contributed by atoms with Gasteiger partial charge in [-0.15, -0.1) is 0 Å². The van der Waals surface area contributed by atoms with Crippen molar-refractivity contribution in [2.75, 3.05) is 46.9 Å². The highest BCUT2D eigenvalue weighted by Gasteiger charge is 2.39.